The molecule has 0 aliphatic rings. The Morgan fingerprint density at radius 3 is 2.76 bits per heavy atom. The van der Waals surface area contributed by atoms with E-state index >= 15 is 0 Å². The van der Waals surface area contributed by atoms with Gasteiger partial charge in [0.25, 0.3) is 0 Å². The van der Waals surface area contributed by atoms with E-state index in [1.54, 1.807) is 18.7 Å². The predicted molar refractivity (Wildman–Crippen MR) is 71.1 cm³/mol. The first-order chi connectivity index (χ1) is 8.25. The van der Waals surface area contributed by atoms with Crippen molar-refractivity contribution in [2.75, 3.05) is 0 Å². The lowest BCUT2D eigenvalue weighted by Crippen LogP contribution is -2.23. The highest BCUT2D eigenvalue weighted by molar-refractivity contribution is 7.80. The fourth-order valence-electron chi connectivity index (χ4n) is 1.31. The zero-order valence-corrected chi connectivity index (χ0v) is 9.76. The molecular formula is C11H11N5S. The number of nitrogens with zero attached hydrogens (tertiary/aromatic N) is 3. The van der Waals surface area contributed by atoms with Gasteiger partial charge < -0.3 is 10.3 Å². The molecule has 0 aliphatic carbocycles. The molecule has 0 amide bonds. The molecule has 2 aromatic rings. The van der Waals surface area contributed by atoms with Crippen LogP contribution in [0.5, 0.6) is 0 Å². The number of nitrogens with one attached hydrogen (secondary N) is 1. The number of aromatic nitrogens is 2. The van der Waals surface area contributed by atoms with Crippen LogP contribution >= 0.6 is 12.2 Å². The van der Waals surface area contributed by atoms with Crippen molar-refractivity contribution in [3.05, 3.63) is 48.5 Å². The van der Waals surface area contributed by atoms with Crippen molar-refractivity contribution in [3.8, 4) is 5.69 Å². The zero-order valence-electron chi connectivity index (χ0n) is 8.95. The first-order valence-corrected chi connectivity index (χ1v) is 5.33. The predicted octanol–water partition coefficient (Wildman–Crippen LogP) is 1.04. The molecule has 0 atom stereocenters. The molecule has 0 spiro atoms. The van der Waals surface area contributed by atoms with Crippen LogP contribution in [0, 0.1) is 0 Å². The van der Waals surface area contributed by atoms with Crippen molar-refractivity contribution >= 4 is 23.5 Å². The molecule has 17 heavy (non-hydrogen) atoms. The molecule has 5 nitrogen and oxygen atoms in total. The molecule has 1 aromatic carbocycles. The summed E-state index contributed by atoms with van der Waals surface area (Å²) in [4.78, 5) is 3.99. The van der Waals surface area contributed by atoms with Gasteiger partial charge in [0.2, 0.25) is 0 Å². The second-order valence-electron chi connectivity index (χ2n) is 3.30. The van der Waals surface area contributed by atoms with E-state index in [-0.39, 0.29) is 5.11 Å². The lowest BCUT2D eigenvalue weighted by Gasteiger charge is -2.01. The molecule has 6 heteroatoms. The Balaban J connectivity index is 2.08. The minimum absolute atomic E-state index is 0.149. The number of benzene rings is 1. The van der Waals surface area contributed by atoms with Crippen LogP contribution in [-0.4, -0.2) is 20.9 Å². The Morgan fingerprint density at radius 2 is 2.18 bits per heavy atom. The fraction of sp³-hybridized carbons (Fsp3) is 0. The van der Waals surface area contributed by atoms with Crippen LogP contribution in [0.3, 0.4) is 0 Å². The van der Waals surface area contributed by atoms with E-state index in [0.29, 0.717) is 0 Å². The van der Waals surface area contributed by atoms with Gasteiger partial charge in [-0.1, -0.05) is 12.1 Å². The molecule has 0 radical (unpaired) electrons. The fourth-order valence-corrected chi connectivity index (χ4v) is 1.37. The standard InChI is InChI=1S/C11H11N5S/c12-11(17)15-14-7-9-1-3-10(4-2-9)16-6-5-13-8-16/h1-8H,(H3,12,15,17). The van der Waals surface area contributed by atoms with Crippen molar-refractivity contribution in [2.45, 2.75) is 0 Å². The Kier molecular flexibility index (Phi) is 3.46. The minimum Gasteiger partial charge on any atom is -0.375 e. The van der Waals surface area contributed by atoms with Crippen LogP contribution in [-0.2, 0) is 0 Å². The van der Waals surface area contributed by atoms with E-state index in [1.807, 2.05) is 35.0 Å². The molecule has 0 unspecified atom stereocenters. The van der Waals surface area contributed by atoms with Crippen LogP contribution in [0.4, 0.5) is 0 Å². The van der Waals surface area contributed by atoms with Gasteiger partial charge in [-0.15, -0.1) is 0 Å². The third-order valence-electron chi connectivity index (χ3n) is 2.08. The van der Waals surface area contributed by atoms with Crippen LogP contribution in [0.1, 0.15) is 5.56 Å². The lowest BCUT2D eigenvalue weighted by molar-refractivity contribution is 1.04. The van der Waals surface area contributed by atoms with Crippen LogP contribution < -0.4 is 11.2 Å². The summed E-state index contributed by atoms with van der Waals surface area (Å²) in [6.45, 7) is 0. The number of rotatable bonds is 3. The highest BCUT2D eigenvalue weighted by Crippen LogP contribution is 2.07. The molecule has 0 fully saturated rings. The normalized spacial score (nSPS) is 10.6. The highest BCUT2D eigenvalue weighted by atomic mass is 32.1. The summed E-state index contributed by atoms with van der Waals surface area (Å²) in [6.07, 6.45) is 7.02. The molecule has 1 aromatic heterocycles. The van der Waals surface area contributed by atoms with E-state index in [2.05, 4.69) is 27.7 Å². The van der Waals surface area contributed by atoms with Gasteiger partial charge in [0, 0.05) is 18.1 Å². The maximum atomic E-state index is 5.24. The molecular weight excluding hydrogens is 234 g/mol. The summed E-state index contributed by atoms with van der Waals surface area (Å²) in [5, 5.41) is 4.02. The number of hydrogen-bond donors (Lipinski definition) is 2. The average Bonchev–Trinajstić information content (AvgIpc) is 2.83. The monoisotopic (exact) mass is 245 g/mol. The van der Waals surface area contributed by atoms with Crippen molar-refractivity contribution in [2.24, 2.45) is 10.8 Å². The van der Waals surface area contributed by atoms with E-state index in [1.165, 1.54) is 0 Å². The van der Waals surface area contributed by atoms with E-state index in [4.69, 9.17) is 5.73 Å². The lowest BCUT2D eigenvalue weighted by atomic mass is 10.2. The largest absolute Gasteiger partial charge is 0.375 e. The van der Waals surface area contributed by atoms with Gasteiger partial charge in [-0.25, -0.2) is 4.98 Å². The minimum atomic E-state index is 0.149. The molecule has 0 saturated heterocycles. The van der Waals surface area contributed by atoms with E-state index in [0.717, 1.165) is 11.3 Å². The first kappa shape index (κ1) is 11.3. The maximum absolute atomic E-state index is 5.24. The Hall–Kier alpha value is -2.21. The van der Waals surface area contributed by atoms with Gasteiger partial charge in [0.1, 0.15) is 0 Å². The van der Waals surface area contributed by atoms with Gasteiger partial charge in [-0.05, 0) is 29.9 Å². The van der Waals surface area contributed by atoms with E-state index in [9.17, 15) is 0 Å². The number of nitrogens with two attached hydrogens (primary N) is 1. The summed E-state index contributed by atoms with van der Waals surface area (Å²) in [5.41, 5.74) is 9.74. The molecule has 86 valence electrons. The summed E-state index contributed by atoms with van der Waals surface area (Å²) in [5.74, 6) is 0. The second kappa shape index (κ2) is 5.22. The SMILES string of the molecule is NC(=S)NN=Cc1ccc(-n2ccnc2)cc1. The highest BCUT2D eigenvalue weighted by Gasteiger charge is 1.94. The van der Waals surface area contributed by atoms with Crippen molar-refractivity contribution < 1.29 is 0 Å². The van der Waals surface area contributed by atoms with E-state index < -0.39 is 0 Å². The van der Waals surface area contributed by atoms with Gasteiger partial charge in [-0.3, -0.25) is 5.43 Å². The Labute approximate surface area is 104 Å². The maximum Gasteiger partial charge on any atom is 0.184 e. The average molecular weight is 245 g/mol. The Morgan fingerprint density at radius 1 is 1.41 bits per heavy atom. The molecule has 3 N–H and O–H groups in total. The summed E-state index contributed by atoms with van der Waals surface area (Å²) in [7, 11) is 0. The number of hydrazone groups is 1. The third-order valence-corrected chi connectivity index (χ3v) is 2.18. The van der Waals surface area contributed by atoms with Crippen LogP contribution in [0.2, 0.25) is 0 Å². The number of thiocarbonyl (C=S) groups is 1. The first-order valence-electron chi connectivity index (χ1n) is 4.92. The van der Waals surface area contributed by atoms with Gasteiger partial charge >= 0.3 is 0 Å². The molecule has 0 aliphatic heterocycles. The van der Waals surface area contributed by atoms with Gasteiger partial charge in [0.05, 0.1) is 12.5 Å². The second-order valence-corrected chi connectivity index (χ2v) is 3.74. The van der Waals surface area contributed by atoms with Crippen molar-refractivity contribution in [1.29, 1.82) is 0 Å². The van der Waals surface area contributed by atoms with Crippen molar-refractivity contribution in [3.63, 3.8) is 0 Å². The summed E-state index contributed by atoms with van der Waals surface area (Å²) >= 11 is 4.63. The summed E-state index contributed by atoms with van der Waals surface area (Å²) < 4.78 is 1.92. The molecule has 2 rings (SSSR count). The van der Waals surface area contributed by atoms with Crippen LogP contribution in [0.25, 0.3) is 5.69 Å². The number of imidazole rings is 1. The molecule has 1 heterocycles. The third kappa shape index (κ3) is 3.12. The van der Waals surface area contributed by atoms with Gasteiger partial charge in [0.15, 0.2) is 5.11 Å². The quantitative estimate of drug-likeness (QED) is 0.481. The molecule has 0 saturated carbocycles. The van der Waals surface area contributed by atoms with Crippen LogP contribution in [0.15, 0.2) is 48.1 Å². The summed E-state index contributed by atoms with van der Waals surface area (Å²) in [6, 6.07) is 7.84. The number of hydrogen-bond acceptors (Lipinski definition) is 3. The zero-order chi connectivity index (χ0) is 12.1. The molecule has 0 bridgehead atoms. The van der Waals surface area contributed by atoms with Crippen molar-refractivity contribution in [1.82, 2.24) is 15.0 Å². The Bertz CT molecular complexity index is 515. The topological polar surface area (TPSA) is 68.2 Å². The smallest absolute Gasteiger partial charge is 0.184 e. The van der Waals surface area contributed by atoms with Gasteiger partial charge in [-0.2, -0.15) is 5.10 Å².